The zero-order valence-electron chi connectivity index (χ0n) is 10.5. The molecule has 0 saturated heterocycles. The van der Waals surface area contributed by atoms with Crippen LogP contribution in [-0.2, 0) is 11.3 Å². The Morgan fingerprint density at radius 2 is 2.17 bits per heavy atom. The summed E-state index contributed by atoms with van der Waals surface area (Å²) in [7, 11) is 0. The molecule has 0 aliphatic carbocycles. The molecular formula is C13H17BrFNO2. The van der Waals surface area contributed by atoms with Crippen LogP contribution in [0.1, 0.15) is 19.4 Å². The van der Waals surface area contributed by atoms with Crippen molar-refractivity contribution in [3.8, 4) is 0 Å². The third-order valence-electron chi connectivity index (χ3n) is 2.38. The summed E-state index contributed by atoms with van der Waals surface area (Å²) >= 11 is 3.35. The minimum atomic E-state index is -0.872. The first-order valence-corrected chi connectivity index (χ1v) is 6.56. The Bertz CT molecular complexity index is 423. The molecule has 1 aromatic carbocycles. The Kier molecular flexibility index (Phi) is 5.75. The van der Waals surface area contributed by atoms with Crippen molar-refractivity contribution in [2.24, 2.45) is 5.92 Å². The van der Waals surface area contributed by atoms with Crippen molar-refractivity contribution in [3.05, 3.63) is 34.1 Å². The zero-order valence-corrected chi connectivity index (χ0v) is 12.1. The van der Waals surface area contributed by atoms with Gasteiger partial charge in [0.05, 0.1) is 6.54 Å². The van der Waals surface area contributed by atoms with E-state index in [2.05, 4.69) is 15.9 Å². The Balaban J connectivity index is 2.81. The topological polar surface area (TPSA) is 40.5 Å². The number of carboxylic acids is 1. The molecule has 0 spiro atoms. The highest BCUT2D eigenvalue weighted by Gasteiger charge is 2.13. The minimum absolute atomic E-state index is 0.0405. The Hall–Kier alpha value is -0.940. The molecule has 18 heavy (non-hydrogen) atoms. The zero-order chi connectivity index (χ0) is 13.7. The fraction of sp³-hybridized carbons (Fsp3) is 0.462. The number of carbonyl (C=O) groups is 1. The lowest BCUT2D eigenvalue weighted by Gasteiger charge is -2.22. The van der Waals surface area contributed by atoms with Crippen LogP contribution in [-0.4, -0.2) is 29.1 Å². The van der Waals surface area contributed by atoms with Crippen molar-refractivity contribution in [1.29, 1.82) is 0 Å². The normalized spacial score (nSPS) is 11.2. The van der Waals surface area contributed by atoms with Crippen LogP contribution in [0.25, 0.3) is 0 Å². The van der Waals surface area contributed by atoms with Gasteiger partial charge >= 0.3 is 5.97 Å². The lowest BCUT2D eigenvalue weighted by Crippen LogP contribution is -2.32. The van der Waals surface area contributed by atoms with E-state index in [0.717, 1.165) is 10.0 Å². The molecule has 1 N–H and O–H groups in total. The number of nitrogens with zero attached hydrogens (tertiary/aromatic N) is 1. The van der Waals surface area contributed by atoms with Gasteiger partial charge in [0.25, 0.3) is 0 Å². The van der Waals surface area contributed by atoms with E-state index in [1.807, 2.05) is 13.8 Å². The summed E-state index contributed by atoms with van der Waals surface area (Å²) in [5.41, 5.74) is 0.761. The summed E-state index contributed by atoms with van der Waals surface area (Å²) in [4.78, 5) is 12.6. The summed E-state index contributed by atoms with van der Waals surface area (Å²) < 4.78 is 14.0. The van der Waals surface area contributed by atoms with Gasteiger partial charge < -0.3 is 5.11 Å². The second-order valence-corrected chi connectivity index (χ2v) is 5.55. The van der Waals surface area contributed by atoms with Gasteiger partial charge in [-0.15, -0.1) is 0 Å². The minimum Gasteiger partial charge on any atom is -0.480 e. The summed E-state index contributed by atoms with van der Waals surface area (Å²) in [5.74, 6) is -0.826. The smallest absolute Gasteiger partial charge is 0.317 e. The largest absolute Gasteiger partial charge is 0.480 e. The van der Waals surface area contributed by atoms with Gasteiger partial charge in [-0.25, -0.2) is 4.39 Å². The lowest BCUT2D eigenvalue weighted by molar-refractivity contribution is -0.138. The van der Waals surface area contributed by atoms with Crippen LogP contribution in [0.4, 0.5) is 4.39 Å². The summed E-state index contributed by atoms with van der Waals surface area (Å²) in [6.07, 6.45) is 0. The molecule has 0 heterocycles. The van der Waals surface area contributed by atoms with E-state index in [4.69, 9.17) is 5.11 Å². The Morgan fingerprint density at radius 1 is 1.50 bits per heavy atom. The van der Waals surface area contributed by atoms with Crippen molar-refractivity contribution >= 4 is 21.9 Å². The average Bonchev–Trinajstić information content (AvgIpc) is 2.21. The molecule has 100 valence electrons. The van der Waals surface area contributed by atoms with E-state index in [9.17, 15) is 9.18 Å². The van der Waals surface area contributed by atoms with Gasteiger partial charge in [0.1, 0.15) is 5.82 Å². The predicted molar refractivity (Wildman–Crippen MR) is 71.9 cm³/mol. The lowest BCUT2D eigenvalue weighted by atomic mass is 10.1. The van der Waals surface area contributed by atoms with E-state index in [1.165, 1.54) is 12.1 Å². The third kappa shape index (κ3) is 5.14. The maximum Gasteiger partial charge on any atom is 0.317 e. The number of rotatable bonds is 6. The van der Waals surface area contributed by atoms with Gasteiger partial charge in [-0.1, -0.05) is 29.8 Å². The molecule has 0 aromatic heterocycles. The number of halogens is 2. The molecule has 0 saturated carbocycles. The van der Waals surface area contributed by atoms with Crippen LogP contribution in [0.5, 0.6) is 0 Å². The monoisotopic (exact) mass is 317 g/mol. The molecule has 0 atom stereocenters. The van der Waals surface area contributed by atoms with Gasteiger partial charge in [-0.2, -0.15) is 0 Å². The fourth-order valence-electron chi connectivity index (χ4n) is 1.80. The molecule has 0 bridgehead atoms. The van der Waals surface area contributed by atoms with Crippen molar-refractivity contribution in [3.63, 3.8) is 0 Å². The van der Waals surface area contributed by atoms with E-state index < -0.39 is 5.97 Å². The van der Waals surface area contributed by atoms with E-state index >= 15 is 0 Å². The van der Waals surface area contributed by atoms with E-state index in [-0.39, 0.29) is 12.4 Å². The first-order chi connectivity index (χ1) is 8.38. The molecule has 1 aromatic rings. The highest BCUT2D eigenvalue weighted by molar-refractivity contribution is 9.10. The Morgan fingerprint density at radius 3 is 2.72 bits per heavy atom. The van der Waals surface area contributed by atoms with Gasteiger partial charge in [-0.3, -0.25) is 9.69 Å². The SMILES string of the molecule is CC(C)CN(CC(=O)O)Cc1cc(F)ccc1Br. The number of hydrogen-bond acceptors (Lipinski definition) is 2. The van der Waals surface area contributed by atoms with Crippen LogP contribution in [0, 0.1) is 11.7 Å². The molecule has 1 rings (SSSR count). The van der Waals surface area contributed by atoms with Crippen LogP contribution in [0.3, 0.4) is 0 Å². The highest BCUT2D eigenvalue weighted by Crippen LogP contribution is 2.20. The molecule has 5 heteroatoms. The van der Waals surface area contributed by atoms with E-state index in [1.54, 1.807) is 11.0 Å². The third-order valence-corrected chi connectivity index (χ3v) is 3.16. The highest BCUT2D eigenvalue weighted by atomic mass is 79.9. The number of aliphatic carboxylic acids is 1. The summed E-state index contributed by atoms with van der Waals surface area (Å²) in [5, 5.41) is 8.87. The van der Waals surface area contributed by atoms with Crippen LogP contribution in [0.15, 0.2) is 22.7 Å². The fourth-order valence-corrected chi connectivity index (χ4v) is 2.17. The molecule has 0 amide bonds. The maximum atomic E-state index is 13.2. The van der Waals surface area contributed by atoms with Crippen molar-refractivity contribution < 1.29 is 14.3 Å². The van der Waals surface area contributed by atoms with Gasteiger partial charge in [0.15, 0.2) is 0 Å². The van der Waals surface area contributed by atoms with Gasteiger partial charge in [0.2, 0.25) is 0 Å². The van der Waals surface area contributed by atoms with Crippen LogP contribution in [0.2, 0.25) is 0 Å². The molecule has 0 aliphatic rings. The average molecular weight is 318 g/mol. The summed E-state index contributed by atoms with van der Waals surface area (Å²) in [6.45, 7) is 5.09. The second-order valence-electron chi connectivity index (χ2n) is 4.69. The molecule has 0 radical (unpaired) electrons. The van der Waals surface area contributed by atoms with E-state index in [0.29, 0.717) is 19.0 Å². The second kappa shape index (κ2) is 6.85. The van der Waals surface area contributed by atoms with Crippen LogP contribution < -0.4 is 0 Å². The quantitative estimate of drug-likeness (QED) is 0.876. The molecule has 0 unspecified atom stereocenters. The number of benzene rings is 1. The van der Waals surface area contributed by atoms with Gasteiger partial charge in [0, 0.05) is 17.6 Å². The Labute approximate surface area is 115 Å². The standard InChI is InChI=1S/C13H17BrFNO2/c1-9(2)6-16(8-13(17)18)7-10-5-11(15)3-4-12(10)14/h3-5,9H,6-8H2,1-2H3,(H,17,18). The molecular weight excluding hydrogens is 301 g/mol. The number of carboxylic acid groups (broad SMARTS) is 1. The summed E-state index contributed by atoms with van der Waals surface area (Å²) in [6, 6.07) is 4.44. The van der Waals surface area contributed by atoms with Crippen molar-refractivity contribution in [1.82, 2.24) is 4.90 Å². The molecule has 3 nitrogen and oxygen atoms in total. The molecule has 0 fully saturated rings. The molecule has 0 aliphatic heterocycles. The first kappa shape index (κ1) is 15.1. The van der Waals surface area contributed by atoms with Crippen molar-refractivity contribution in [2.75, 3.05) is 13.1 Å². The van der Waals surface area contributed by atoms with Crippen LogP contribution >= 0.6 is 15.9 Å². The van der Waals surface area contributed by atoms with Crippen molar-refractivity contribution in [2.45, 2.75) is 20.4 Å². The maximum absolute atomic E-state index is 13.2. The van der Waals surface area contributed by atoms with Gasteiger partial charge in [-0.05, 0) is 29.7 Å². The first-order valence-electron chi connectivity index (χ1n) is 5.76. The predicted octanol–water partition coefficient (Wildman–Crippen LogP) is 3.13. The number of hydrogen-bond donors (Lipinski definition) is 1.